The molecule has 0 bridgehead atoms. The average Bonchev–Trinajstić information content (AvgIpc) is 2.52. The Morgan fingerprint density at radius 2 is 1.88 bits per heavy atom. The van der Waals surface area contributed by atoms with Crippen molar-refractivity contribution in [1.29, 1.82) is 0 Å². The van der Waals surface area contributed by atoms with Crippen LogP contribution >= 0.6 is 0 Å². The van der Waals surface area contributed by atoms with Gasteiger partial charge in [-0.05, 0) is 50.6 Å². The number of carbonyl (C=O) groups excluding carboxylic acids is 2. The fraction of sp³-hybridized carbons (Fsp3) is 0.222. The van der Waals surface area contributed by atoms with E-state index in [2.05, 4.69) is 20.8 Å². The molecule has 0 aliphatic carbocycles. The third-order valence-corrected chi connectivity index (χ3v) is 3.23. The van der Waals surface area contributed by atoms with Crippen molar-refractivity contribution in [2.75, 3.05) is 5.32 Å². The minimum atomic E-state index is -0.307. The Kier molecular flexibility index (Phi) is 5.78. The highest BCUT2D eigenvalue weighted by Crippen LogP contribution is 2.06. The molecule has 2 N–H and O–H groups in total. The Hall–Kier alpha value is -3.02. The second-order valence-electron chi connectivity index (χ2n) is 5.60. The summed E-state index contributed by atoms with van der Waals surface area (Å²) in [6, 6.07) is 10.8. The number of nitrogens with zero attached hydrogens (tertiary/aromatic N) is 2. The highest BCUT2D eigenvalue weighted by molar-refractivity contribution is 6.05. The summed E-state index contributed by atoms with van der Waals surface area (Å²) < 4.78 is 0. The smallest absolute Gasteiger partial charge is 0.271 e. The largest absolute Gasteiger partial charge is 0.310 e. The molecule has 6 nitrogen and oxygen atoms in total. The molecule has 1 heterocycles. The molecule has 2 aromatic rings. The highest BCUT2D eigenvalue weighted by atomic mass is 16.2. The van der Waals surface area contributed by atoms with E-state index in [9.17, 15) is 9.59 Å². The van der Waals surface area contributed by atoms with Crippen molar-refractivity contribution in [3.63, 3.8) is 0 Å². The van der Waals surface area contributed by atoms with Gasteiger partial charge in [0.05, 0.1) is 6.42 Å². The molecule has 0 aliphatic heterocycles. The first-order chi connectivity index (χ1) is 11.4. The summed E-state index contributed by atoms with van der Waals surface area (Å²) >= 11 is 0. The van der Waals surface area contributed by atoms with Crippen molar-refractivity contribution in [3.8, 4) is 0 Å². The zero-order chi connectivity index (χ0) is 17.5. The van der Waals surface area contributed by atoms with Crippen molar-refractivity contribution >= 4 is 23.3 Å². The lowest BCUT2D eigenvalue weighted by Gasteiger charge is -2.05. The van der Waals surface area contributed by atoms with E-state index in [4.69, 9.17) is 0 Å². The third kappa shape index (κ3) is 5.31. The number of hydrogen-bond donors (Lipinski definition) is 2. The van der Waals surface area contributed by atoms with Crippen LogP contribution in [0.2, 0.25) is 0 Å². The van der Waals surface area contributed by atoms with Gasteiger partial charge in [-0.2, -0.15) is 5.10 Å². The second kappa shape index (κ2) is 8.01. The lowest BCUT2D eigenvalue weighted by Crippen LogP contribution is -2.21. The normalized spacial score (nSPS) is 11.0. The number of nitrogens with one attached hydrogen (secondary N) is 2. The number of carbonyl (C=O) groups is 2. The highest BCUT2D eigenvalue weighted by Gasteiger charge is 2.07. The van der Waals surface area contributed by atoms with Crippen LogP contribution in [-0.4, -0.2) is 22.5 Å². The molecule has 124 valence electrons. The fourth-order valence-electron chi connectivity index (χ4n) is 2.06. The monoisotopic (exact) mass is 324 g/mol. The molecule has 6 heteroatoms. The summed E-state index contributed by atoms with van der Waals surface area (Å²) in [5.41, 5.74) is 5.49. The van der Waals surface area contributed by atoms with E-state index in [1.54, 1.807) is 31.3 Å². The van der Waals surface area contributed by atoms with Gasteiger partial charge in [-0.15, -0.1) is 0 Å². The van der Waals surface area contributed by atoms with E-state index < -0.39 is 0 Å². The van der Waals surface area contributed by atoms with E-state index in [1.807, 2.05) is 32.0 Å². The van der Waals surface area contributed by atoms with Gasteiger partial charge in [-0.1, -0.05) is 17.7 Å². The van der Waals surface area contributed by atoms with Crippen LogP contribution in [0.3, 0.4) is 0 Å². The summed E-state index contributed by atoms with van der Waals surface area (Å²) in [4.78, 5) is 28.0. The molecular weight excluding hydrogens is 304 g/mol. The van der Waals surface area contributed by atoms with Gasteiger partial charge in [-0.3, -0.25) is 9.59 Å². The molecular formula is C18H20N4O2. The first-order valence-corrected chi connectivity index (χ1v) is 7.57. The van der Waals surface area contributed by atoms with Crippen molar-refractivity contribution in [2.45, 2.75) is 27.2 Å². The Labute approximate surface area is 141 Å². The van der Waals surface area contributed by atoms with Crippen molar-refractivity contribution < 1.29 is 9.59 Å². The summed E-state index contributed by atoms with van der Waals surface area (Å²) in [6.45, 7) is 5.51. The second-order valence-corrected chi connectivity index (χ2v) is 5.60. The predicted octanol–water partition coefficient (Wildman–Crippen LogP) is 2.83. The summed E-state index contributed by atoms with van der Waals surface area (Å²) in [5, 5.41) is 6.66. The molecule has 1 aromatic heterocycles. The number of benzene rings is 1. The Balaban J connectivity index is 1.89. The van der Waals surface area contributed by atoms with Crippen LogP contribution in [-0.2, 0) is 4.79 Å². The average molecular weight is 324 g/mol. The van der Waals surface area contributed by atoms with E-state index in [0.29, 0.717) is 17.1 Å². The molecule has 0 spiro atoms. The SMILES string of the molecule is C/C(CC(=O)Nc1cc(C)ccn1)=N\NC(=O)c1cccc(C)c1. The van der Waals surface area contributed by atoms with Crippen LogP contribution in [0, 0.1) is 13.8 Å². The molecule has 1 aromatic carbocycles. The quantitative estimate of drug-likeness (QED) is 0.655. The van der Waals surface area contributed by atoms with Crippen LogP contribution < -0.4 is 10.7 Å². The zero-order valence-electron chi connectivity index (χ0n) is 14.0. The minimum absolute atomic E-state index is 0.0731. The van der Waals surface area contributed by atoms with Gasteiger partial charge in [0.15, 0.2) is 0 Å². The minimum Gasteiger partial charge on any atom is -0.310 e. The third-order valence-electron chi connectivity index (χ3n) is 3.23. The lowest BCUT2D eigenvalue weighted by atomic mass is 10.1. The van der Waals surface area contributed by atoms with Crippen molar-refractivity contribution in [3.05, 3.63) is 59.3 Å². The van der Waals surface area contributed by atoms with Crippen LogP contribution in [0.4, 0.5) is 5.82 Å². The van der Waals surface area contributed by atoms with Gasteiger partial charge in [0, 0.05) is 17.5 Å². The number of pyridine rings is 1. The standard InChI is InChI=1S/C18H20N4O2/c1-12-5-4-6-15(9-12)18(24)22-21-14(3)11-17(23)20-16-10-13(2)7-8-19-16/h4-10H,11H2,1-3H3,(H,22,24)(H,19,20,23)/b21-14+. The number of hydrazone groups is 1. The van der Waals surface area contributed by atoms with Gasteiger partial charge in [0.1, 0.15) is 5.82 Å². The van der Waals surface area contributed by atoms with E-state index in [-0.39, 0.29) is 18.2 Å². The van der Waals surface area contributed by atoms with Crippen LogP contribution in [0.15, 0.2) is 47.7 Å². The number of aromatic nitrogens is 1. The maximum Gasteiger partial charge on any atom is 0.271 e. The van der Waals surface area contributed by atoms with Crippen LogP contribution in [0.1, 0.15) is 34.8 Å². The van der Waals surface area contributed by atoms with Gasteiger partial charge in [0.2, 0.25) is 5.91 Å². The molecule has 24 heavy (non-hydrogen) atoms. The molecule has 0 saturated carbocycles. The van der Waals surface area contributed by atoms with Crippen LogP contribution in [0.5, 0.6) is 0 Å². The molecule has 2 amide bonds. The Morgan fingerprint density at radius 1 is 1.12 bits per heavy atom. The van der Waals surface area contributed by atoms with Gasteiger partial charge in [0.25, 0.3) is 5.91 Å². The molecule has 0 fully saturated rings. The van der Waals surface area contributed by atoms with Gasteiger partial charge in [-0.25, -0.2) is 10.4 Å². The first kappa shape index (κ1) is 17.3. The first-order valence-electron chi connectivity index (χ1n) is 7.57. The Morgan fingerprint density at radius 3 is 2.58 bits per heavy atom. The topological polar surface area (TPSA) is 83.4 Å². The number of anilines is 1. The fourth-order valence-corrected chi connectivity index (χ4v) is 2.06. The maximum absolute atomic E-state index is 12.0. The molecule has 0 unspecified atom stereocenters. The number of amides is 2. The summed E-state index contributed by atoms with van der Waals surface area (Å²) in [5.74, 6) is -0.0467. The number of hydrogen-bond acceptors (Lipinski definition) is 4. The summed E-state index contributed by atoms with van der Waals surface area (Å²) in [6.07, 6.45) is 1.71. The zero-order valence-corrected chi connectivity index (χ0v) is 14.0. The molecule has 0 radical (unpaired) electrons. The van der Waals surface area contributed by atoms with Gasteiger partial charge >= 0.3 is 0 Å². The molecule has 0 saturated heterocycles. The molecule has 0 atom stereocenters. The lowest BCUT2D eigenvalue weighted by molar-refractivity contribution is -0.115. The van der Waals surface area contributed by atoms with E-state index >= 15 is 0 Å². The molecule has 0 aliphatic rings. The Bertz CT molecular complexity index is 784. The maximum atomic E-state index is 12.0. The van der Waals surface area contributed by atoms with E-state index in [0.717, 1.165) is 11.1 Å². The predicted molar refractivity (Wildman–Crippen MR) is 94.0 cm³/mol. The number of aryl methyl sites for hydroxylation is 2. The van der Waals surface area contributed by atoms with Crippen molar-refractivity contribution in [2.24, 2.45) is 5.10 Å². The van der Waals surface area contributed by atoms with E-state index in [1.165, 1.54) is 0 Å². The molecule has 2 rings (SSSR count). The van der Waals surface area contributed by atoms with Crippen LogP contribution in [0.25, 0.3) is 0 Å². The summed E-state index contributed by atoms with van der Waals surface area (Å²) in [7, 11) is 0. The van der Waals surface area contributed by atoms with Gasteiger partial charge < -0.3 is 5.32 Å². The van der Waals surface area contributed by atoms with Crippen molar-refractivity contribution in [1.82, 2.24) is 10.4 Å². The number of rotatable bonds is 5.